The lowest BCUT2D eigenvalue weighted by molar-refractivity contribution is 0.0369. The van der Waals surface area contributed by atoms with Crippen LogP contribution in [-0.2, 0) is 0 Å². The standard InChI is InChI=1S/C15H22FN3O/c1-9-5-4-6-10(2)19(9)18-15(20)12-7-13(16)11(3)14(17)8-12/h7-10H,4-6,17H2,1-3H3,(H,18,20). The molecule has 1 aliphatic rings. The van der Waals surface area contributed by atoms with Crippen LogP contribution in [0, 0.1) is 12.7 Å². The highest BCUT2D eigenvalue weighted by atomic mass is 19.1. The van der Waals surface area contributed by atoms with Gasteiger partial charge in [0.1, 0.15) is 5.82 Å². The van der Waals surface area contributed by atoms with Crippen LogP contribution in [0.1, 0.15) is 49.0 Å². The summed E-state index contributed by atoms with van der Waals surface area (Å²) in [5.74, 6) is -0.758. The number of nitrogens with one attached hydrogen (secondary N) is 1. The van der Waals surface area contributed by atoms with Crippen LogP contribution in [0.2, 0.25) is 0 Å². The summed E-state index contributed by atoms with van der Waals surface area (Å²) in [5, 5.41) is 1.96. The molecule has 1 aromatic carbocycles. The molecule has 0 radical (unpaired) electrons. The van der Waals surface area contributed by atoms with Crippen molar-refractivity contribution in [2.75, 3.05) is 5.73 Å². The topological polar surface area (TPSA) is 58.4 Å². The molecular weight excluding hydrogens is 257 g/mol. The van der Waals surface area contributed by atoms with E-state index in [2.05, 4.69) is 19.3 Å². The van der Waals surface area contributed by atoms with Crippen molar-refractivity contribution in [2.24, 2.45) is 0 Å². The van der Waals surface area contributed by atoms with E-state index in [0.717, 1.165) is 12.8 Å². The van der Waals surface area contributed by atoms with E-state index in [9.17, 15) is 9.18 Å². The van der Waals surface area contributed by atoms with Crippen molar-refractivity contribution in [1.29, 1.82) is 0 Å². The van der Waals surface area contributed by atoms with E-state index in [4.69, 9.17) is 5.73 Å². The van der Waals surface area contributed by atoms with Gasteiger partial charge < -0.3 is 5.73 Å². The molecule has 0 aliphatic carbocycles. The number of hydrogen-bond donors (Lipinski definition) is 2. The number of nitrogen functional groups attached to an aromatic ring is 1. The number of nitrogens with zero attached hydrogens (tertiary/aromatic N) is 1. The van der Waals surface area contributed by atoms with Crippen molar-refractivity contribution in [3.05, 3.63) is 29.1 Å². The zero-order valence-electron chi connectivity index (χ0n) is 12.2. The molecule has 110 valence electrons. The Hall–Kier alpha value is -1.62. The minimum absolute atomic E-state index is 0.260. The summed E-state index contributed by atoms with van der Waals surface area (Å²) in [5.41, 5.74) is 9.53. The Morgan fingerprint density at radius 3 is 2.50 bits per heavy atom. The van der Waals surface area contributed by atoms with Gasteiger partial charge in [0.2, 0.25) is 0 Å². The van der Waals surface area contributed by atoms with E-state index >= 15 is 0 Å². The highest BCUT2D eigenvalue weighted by molar-refractivity contribution is 5.95. The fraction of sp³-hybridized carbons (Fsp3) is 0.533. The maximum atomic E-state index is 13.7. The monoisotopic (exact) mass is 279 g/mol. The number of hydrazine groups is 1. The van der Waals surface area contributed by atoms with Crippen LogP contribution >= 0.6 is 0 Å². The number of nitrogens with two attached hydrogens (primary N) is 1. The largest absolute Gasteiger partial charge is 0.398 e. The van der Waals surface area contributed by atoms with Gasteiger partial charge in [-0.2, -0.15) is 0 Å². The third-order valence-corrected chi connectivity index (χ3v) is 4.07. The van der Waals surface area contributed by atoms with Crippen molar-refractivity contribution in [3.63, 3.8) is 0 Å². The summed E-state index contributed by atoms with van der Waals surface area (Å²) in [6.45, 7) is 5.77. The highest BCUT2D eigenvalue weighted by Gasteiger charge is 2.26. The third kappa shape index (κ3) is 2.93. The first-order valence-corrected chi connectivity index (χ1v) is 7.05. The van der Waals surface area contributed by atoms with Crippen molar-refractivity contribution < 1.29 is 9.18 Å². The number of anilines is 1. The number of rotatable bonds is 2. The number of amides is 1. The Kier molecular flexibility index (Phi) is 4.28. The van der Waals surface area contributed by atoms with Gasteiger partial charge in [-0.05, 0) is 45.7 Å². The van der Waals surface area contributed by atoms with E-state index in [1.54, 1.807) is 6.92 Å². The zero-order chi connectivity index (χ0) is 14.9. The van der Waals surface area contributed by atoms with Gasteiger partial charge in [0, 0.05) is 28.9 Å². The van der Waals surface area contributed by atoms with Crippen molar-refractivity contribution >= 4 is 11.6 Å². The number of carbonyl (C=O) groups is 1. The number of hydrogen-bond acceptors (Lipinski definition) is 3. The summed E-state index contributed by atoms with van der Waals surface area (Å²) in [6, 6.07) is 3.33. The lowest BCUT2D eigenvalue weighted by Crippen LogP contribution is -2.54. The van der Waals surface area contributed by atoms with E-state index in [-0.39, 0.29) is 23.6 Å². The minimum Gasteiger partial charge on any atom is -0.398 e. The molecule has 4 nitrogen and oxygen atoms in total. The quantitative estimate of drug-likeness (QED) is 0.818. The van der Waals surface area contributed by atoms with Crippen LogP contribution in [0.3, 0.4) is 0 Å². The molecule has 0 saturated carbocycles. The molecule has 5 heteroatoms. The second-order valence-electron chi connectivity index (χ2n) is 5.65. The number of benzene rings is 1. The molecule has 0 bridgehead atoms. The predicted octanol–water partition coefficient (Wildman–Crippen LogP) is 2.62. The summed E-state index contributed by atoms with van der Waals surface area (Å²) in [7, 11) is 0. The van der Waals surface area contributed by atoms with E-state index in [1.807, 2.05) is 5.01 Å². The molecule has 2 rings (SSSR count). The van der Waals surface area contributed by atoms with E-state index in [0.29, 0.717) is 11.3 Å². The molecule has 1 heterocycles. The molecule has 2 atom stereocenters. The van der Waals surface area contributed by atoms with E-state index in [1.165, 1.54) is 18.6 Å². The Bertz CT molecular complexity index is 485. The molecule has 1 amide bonds. The van der Waals surface area contributed by atoms with Crippen LogP contribution in [-0.4, -0.2) is 23.0 Å². The minimum atomic E-state index is -0.449. The van der Waals surface area contributed by atoms with Crippen LogP contribution in [0.25, 0.3) is 0 Å². The molecular formula is C15H22FN3O. The SMILES string of the molecule is Cc1c(N)cc(C(=O)NN2C(C)CCCC2C)cc1F. The Labute approximate surface area is 119 Å². The van der Waals surface area contributed by atoms with Gasteiger partial charge in [0.25, 0.3) is 5.91 Å². The predicted molar refractivity (Wildman–Crippen MR) is 77.6 cm³/mol. The summed E-state index contributed by atoms with van der Waals surface area (Å²) >= 11 is 0. The number of carbonyl (C=O) groups excluding carboxylic acids is 1. The maximum absolute atomic E-state index is 13.7. The Morgan fingerprint density at radius 1 is 1.35 bits per heavy atom. The second-order valence-corrected chi connectivity index (χ2v) is 5.65. The maximum Gasteiger partial charge on any atom is 0.265 e. The normalized spacial score (nSPS) is 23.6. The van der Waals surface area contributed by atoms with Gasteiger partial charge in [-0.3, -0.25) is 10.2 Å². The van der Waals surface area contributed by atoms with Crippen molar-refractivity contribution in [2.45, 2.75) is 52.1 Å². The van der Waals surface area contributed by atoms with Gasteiger partial charge in [-0.1, -0.05) is 6.42 Å². The fourth-order valence-corrected chi connectivity index (χ4v) is 2.65. The molecule has 1 aromatic rings. The lowest BCUT2D eigenvalue weighted by atomic mass is 10.00. The Balaban J connectivity index is 2.15. The van der Waals surface area contributed by atoms with Gasteiger partial charge >= 0.3 is 0 Å². The summed E-state index contributed by atoms with van der Waals surface area (Å²) in [6.07, 6.45) is 3.27. The molecule has 2 unspecified atom stereocenters. The molecule has 1 fully saturated rings. The van der Waals surface area contributed by atoms with Crippen molar-refractivity contribution in [3.8, 4) is 0 Å². The highest BCUT2D eigenvalue weighted by Crippen LogP contribution is 2.21. The van der Waals surface area contributed by atoms with Crippen LogP contribution in [0.5, 0.6) is 0 Å². The first kappa shape index (κ1) is 14.8. The van der Waals surface area contributed by atoms with Crippen LogP contribution in [0.15, 0.2) is 12.1 Å². The summed E-state index contributed by atoms with van der Waals surface area (Å²) in [4.78, 5) is 12.2. The van der Waals surface area contributed by atoms with Gasteiger partial charge in [0.05, 0.1) is 0 Å². The average molecular weight is 279 g/mol. The molecule has 20 heavy (non-hydrogen) atoms. The first-order chi connectivity index (χ1) is 9.40. The van der Waals surface area contributed by atoms with Gasteiger partial charge in [0.15, 0.2) is 0 Å². The number of piperidine rings is 1. The number of halogens is 1. The van der Waals surface area contributed by atoms with Gasteiger partial charge in [-0.15, -0.1) is 0 Å². The smallest absolute Gasteiger partial charge is 0.265 e. The fourth-order valence-electron chi connectivity index (χ4n) is 2.65. The Morgan fingerprint density at radius 2 is 1.95 bits per heavy atom. The van der Waals surface area contributed by atoms with Crippen LogP contribution < -0.4 is 11.2 Å². The molecule has 0 aromatic heterocycles. The van der Waals surface area contributed by atoms with Gasteiger partial charge in [-0.25, -0.2) is 9.40 Å². The van der Waals surface area contributed by atoms with E-state index < -0.39 is 5.82 Å². The molecule has 1 saturated heterocycles. The first-order valence-electron chi connectivity index (χ1n) is 7.05. The molecule has 0 spiro atoms. The molecule has 3 N–H and O–H groups in total. The lowest BCUT2D eigenvalue weighted by Gasteiger charge is -2.38. The average Bonchev–Trinajstić information content (AvgIpc) is 2.39. The van der Waals surface area contributed by atoms with Crippen molar-refractivity contribution in [1.82, 2.24) is 10.4 Å². The second kappa shape index (κ2) is 5.79. The van der Waals surface area contributed by atoms with Crippen LogP contribution in [0.4, 0.5) is 10.1 Å². The third-order valence-electron chi connectivity index (χ3n) is 4.07. The molecule has 1 aliphatic heterocycles. The zero-order valence-corrected chi connectivity index (χ0v) is 12.2. The summed E-state index contributed by atoms with van der Waals surface area (Å²) < 4.78 is 13.7.